The third kappa shape index (κ3) is 3.53. The van der Waals surface area contributed by atoms with E-state index in [1.54, 1.807) is 19.3 Å². The normalized spacial score (nSPS) is 10.7. The molecule has 0 aliphatic heterocycles. The Morgan fingerprint density at radius 2 is 2.15 bits per heavy atom. The summed E-state index contributed by atoms with van der Waals surface area (Å²) in [5.41, 5.74) is 3.11. The molecular formula is C15H19N3O2. The number of rotatable bonds is 6. The molecule has 0 saturated carbocycles. The van der Waals surface area contributed by atoms with Crippen LogP contribution in [0, 0.1) is 6.92 Å². The van der Waals surface area contributed by atoms with Crippen LogP contribution >= 0.6 is 0 Å². The number of aromatic nitrogens is 2. The van der Waals surface area contributed by atoms with E-state index in [9.17, 15) is 10.2 Å². The van der Waals surface area contributed by atoms with Crippen molar-refractivity contribution in [2.75, 3.05) is 6.54 Å². The Hall–Kier alpha value is -1.98. The van der Waals surface area contributed by atoms with E-state index in [0.717, 1.165) is 18.5 Å². The second-order valence-corrected chi connectivity index (χ2v) is 4.64. The Morgan fingerprint density at radius 3 is 2.85 bits per heavy atom. The summed E-state index contributed by atoms with van der Waals surface area (Å²) in [5.74, 6) is 0.158. The van der Waals surface area contributed by atoms with Crippen LogP contribution in [0.3, 0.4) is 0 Å². The van der Waals surface area contributed by atoms with Crippen LogP contribution in [0.5, 0.6) is 5.75 Å². The molecule has 0 unspecified atom stereocenters. The fraction of sp³-hybridized carbons (Fsp3) is 0.333. The van der Waals surface area contributed by atoms with Crippen molar-refractivity contribution in [2.45, 2.75) is 26.5 Å². The van der Waals surface area contributed by atoms with E-state index in [-0.39, 0.29) is 12.4 Å². The first-order chi connectivity index (χ1) is 9.72. The molecule has 0 aromatic carbocycles. The second-order valence-electron chi connectivity index (χ2n) is 4.64. The van der Waals surface area contributed by atoms with E-state index < -0.39 is 0 Å². The van der Waals surface area contributed by atoms with Crippen LogP contribution < -0.4 is 5.32 Å². The standard InChI is InChI=1S/C15H19N3O2/c1-11-15(20)14(13(10-19)8-18-11)9-17-6-4-12-3-2-5-16-7-12/h2-3,5,7-8,17,19-20H,4,6,9-10H2,1H3. The van der Waals surface area contributed by atoms with Crippen molar-refractivity contribution in [2.24, 2.45) is 0 Å². The molecule has 20 heavy (non-hydrogen) atoms. The third-order valence-corrected chi connectivity index (χ3v) is 3.22. The van der Waals surface area contributed by atoms with Gasteiger partial charge in [0.1, 0.15) is 5.75 Å². The highest BCUT2D eigenvalue weighted by Gasteiger charge is 2.10. The number of aliphatic hydroxyl groups excluding tert-OH is 1. The molecule has 0 radical (unpaired) electrons. The molecule has 0 spiro atoms. The van der Waals surface area contributed by atoms with Crippen molar-refractivity contribution in [3.8, 4) is 5.75 Å². The molecular weight excluding hydrogens is 254 g/mol. The van der Waals surface area contributed by atoms with Gasteiger partial charge < -0.3 is 15.5 Å². The van der Waals surface area contributed by atoms with Gasteiger partial charge in [-0.1, -0.05) is 6.07 Å². The van der Waals surface area contributed by atoms with Crippen LogP contribution in [-0.4, -0.2) is 26.7 Å². The zero-order chi connectivity index (χ0) is 14.4. The molecule has 2 aromatic rings. The summed E-state index contributed by atoms with van der Waals surface area (Å²) in [6.07, 6.45) is 6.07. The molecule has 0 saturated heterocycles. The van der Waals surface area contributed by atoms with Gasteiger partial charge in [-0.2, -0.15) is 0 Å². The highest BCUT2D eigenvalue weighted by atomic mass is 16.3. The van der Waals surface area contributed by atoms with Gasteiger partial charge in [0.2, 0.25) is 0 Å². The molecule has 0 bridgehead atoms. The van der Waals surface area contributed by atoms with Crippen LogP contribution in [0.1, 0.15) is 22.4 Å². The molecule has 3 N–H and O–H groups in total. The average Bonchev–Trinajstić information content (AvgIpc) is 2.49. The van der Waals surface area contributed by atoms with Crippen molar-refractivity contribution >= 4 is 0 Å². The molecule has 0 amide bonds. The van der Waals surface area contributed by atoms with Crippen LogP contribution in [-0.2, 0) is 19.6 Å². The lowest BCUT2D eigenvalue weighted by molar-refractivity contribution is 0.278. The zero-order valence-corrected chi connectivity index (χ0v) is 11.5. The monoisotopic (exact) mass is 273 g/mol. The van der Waals surface area contributed by atoms with Gasteiger partial charge in [0.05, 0.1) is 12.3 Å². The summed E-state index contributed by atoms with van der Waals surface area (Å²) >= 11 is 0. The van der Waals surface area contributed by atoms with E-state index in [1.807, 2.05) is 18.3 Å². The number of pyridine rings is 2. The largest absolute Gasteiger partial charge is 0.506 e. The predicted octanol–water partition coefficient (Wildman–Crippen LogP) is 1.32. The minimum atomic E-state index is -0.125. The Morgan fingerprint density at radius 1 is 1.30 bits per heavy atom. The number of nitrogens with zero attached hydrogens (tertiary/aromatic N) is 2. The first kappa shape index (κ1) is 14.4. The van der Waals surface area contributed by atoms with E-state index in [4.69, 9.17) is 0 Å². The first-order valence-electron chi connectivity index (χ1n) is 6.59. The van der Waals surface area contributed by atoms with E-state index in [2.05, 4.69) is 15.3 Å². The predicted molar refractivity (Wildman–Crippen MR) is 76.2 cm³/mol. The number of nitrogens with one attached hydrogen (secondary N) is 1. The van der Waals surface area contributed by atoms with E-state index in [1.165, 1.54) is 0 Å². The molecule has 0 fully saturated rings. The van der Waals surface area contributed by atoms with Crippen molar-refractivity contribution < 1.29 is 10.2 Å². The summed E-state index contributed by atoms with van der Waals surface area (Å²) < 4.78 is 0. The molecule has 2 heterocycles. The van der Waals surface area contributed by atoms with Crippen LogP contribution in [0.4, 0.5) is 0 Å². The van der Waals surface area contributed by atoms with Crippen LogP contribution in [0.25, 0.3) is 0 Å². The van der Waals surface area contributed by atoms with Gasteiger partial charge in [0.15, 0.2) is 0 Å². The highest BCUT2D eigenvalue weighted by Crippen LogP contribution is 2.23. The Balaban J connectivity index is 1.92. The van der Waals surface area contributed by atoms with E-state index >= 15 is 0 Å². The van der Waals surface area contributed by atoms with Crippen LogP contribution in [0.15, 0.2) is 30.7 Å². The van der Waals surface area contributed by atoms with Crippen LogP contribution in [0.2, 0.25) is 0 Å². The van der Waals surface area contributed by atoms with Gasteiger partial charge in [-0.3, -0.25) is 9.97 Å². The van der Waals surface area contributed by atoms with Gasteiger partial charge >= 0.3 is 0 Å². The minimum absolute atomic E-state index is 0.125. The van der Waals surface area contributed by atoms with Crippen molar-refractivity contribution in [1.29, 1.82) is 0 Å². The molecule has 106 valence electrons. The van der Waals surface area contributed by atoms with Crippen molar-refractivity contribution in [1.82, 2.24) is 15.3 Å². The summed E-state index contributed by atoms with van der Waals surface area (Å²) in [5, 5.41) is 22.5. The van der Waals surface area contributed by atoms with Crippen molar-refractivity contribution in [3.63, 3.8) is 0 Å². The molecule has 5 nitrogen and oxygen atoms in total. The van der Waals surface area contributed by atoms with Gasteiger partial charge in [0, 0.05) is 36.3 Å². The summed E-state index contributed by atoms with van der Waals surface area (Å²) in [6.45, 7) is 2.90. The molecule has 0 atom stereocenters. The average molecular weight is 273 g/mol. The Kier molecular flexibility index (Phi) is 5.03. The smallest absolute Gasteiger partial charge is 0.141 e. The Labute approximate surface area is 118 Å². The summed E-state index contributed by atoms with van der Waals surface area (Å²) in [4.78, 5) is 8.11. The van der Waals surface area contributed by atoms with E-state index in [0.29, 0.717) is 23.4 Å². The minimum Gasteiger partial charge on any atom is -0.506 e. The SMILES string of the molecule is Cc1ncc(CO)c(CNCCc2cccnc2)c1O. The number of hydrogen-bond acceptors (Lipinski definition) is 5. The summed E-state index contributed by atoms with van der Waals surface area (Å²) in [7, 11) is 0. The van der Waals surface area contributed by atoms with Crippen molar-refractivity contribution in [3.05, 3.63) is 53.1 Å². The second kappa shape index (κ2) is 6.98. The third-order valence-electron chi connectivity index (χ3n) is 3.22. The maximum Gasteiger partial charge on any atom is 0.141 e. The maximum atomic E-state index is 10.0. The van der Waals surface area contributed by atoms with Gasteiger partial charge in [-0.25, -0.2) is 0 Å². The molecule has 2 rings (SSSR count). The number of hydrogen-bond donors (Lipinski definition) is 3. The number of aryl methyl sites for hydroxylation is 1. The maximum absolute atomic E-state index is 10.0. The molecule has 5 heteroatoms. The number of aromatic hydroxyl groups is 1. The fourth-order valence-electron chi connectivity index (χ4n) is 2.01. The van der Waals surface area contributed by atoms with Gasteiger partial charge in [-0.05, 0) is 31.5 Å². The topological polar surface area (TPSA) is 78.3 Å². The zero-order valence-electron chi connectivity index (χ0n) is 11.5. The molecule has 0 aliphatic rings. The van der Waals surface area contributed by atoms with Gasteiger partial charge in [0.25, 0.3) is 0 Å². The lowest BCUT2D eigenvalue weighted by atomic mass is 10.1. The number of aliphatic hydroxyl groups is 1. The lowest BCUT2D eigenvalue weighted by Crippen LogP contribution is -2.18. The Bertz CT molecular complexity index is 559. The molecule has 2 aromatic heterocycles. The molecule has 0 aliphatic carbocycles. The quantitative estimate of drug-likeness (QED) is 0.692. The first-order valence-corrected chi connectivity index (χ1v) is 6.59. The lowest BCUT2D eigenvalue weighted by Gasteiger charge is -2.12. The summed E-state index contributed by atoms with van der Waals surface area (Å²) in [6, 6.07) is 3.94. The van der Waals surface area contributed by atoms with Gasteiger partial charge in [-0.15, -0.1) is 0 Å². The fourth-order valence-corrected chi connectivity index (χ4v) is 2.01. The highest BCUT2D eigenvalue weighted by molar-refractivity contribution is 5.40.